The molecular weight excluding hydrogens is 376 g/mol. The van der Waals surface area contributed by atoms with Crippen LogP contribution < -0.4 is 4.74 Å². The Kier molecular flexibility index (Phi) is 6.54. The largest absolute Gasteiger partial charge is 0.427 e. The Hall–Kier alpha value is -2.99. The first kappa shape index (κ1) is 20.3. The first-order valence-electron chi connectivity index (χ1n) is 10.7. The van der Waals surface area contributed by atoms with Crippen molar-refractivity contribution in [3.8, 4) is 11.4 Å². The molecule has 0 saturated carbocycles. The molecule has 0 amide bonds. The minimum absolute atomic E-state index is 0.159. The molecule has 0 aliphatic carbocycles. The number of hydrogen-bond donors (Lipinski definition) is 0. The van der Waals surface area contributed by atoms with Crippen molar-refractivity contribution in [2.75, 3.05) is 13.1 Å². The number of aromatic nitrogens is 3. The molecule has 6 heteroatoms. The fourth-order valence-electron chi connectivity index (χ4n) is 3.95. The number of piperidine rings is 1. The van der Waals surface area contributed by atoms with Crippen molar-refractivity contribution in [2.24, 2.45) is 0 Å². The van der Waals surface area contributed by atoms with E-state index in [4.69, 9.17) is 4.74 Å². The van der Waals surface area contributed by atoms with Gasteiger partial charge in [-0.3, -0.25) is 9.69 Å². The van der Waals surface area contributed by atoms with Crippen molar-refractivity contribution in [2.45, 2.75) is 45.1 Å². The van der Waals surface area contributed by atoms with Crippen LogP contribution in [0.15, 0.2) is 60.8 Å². The van der Waals surface area contributed by atoms with Crippen LogP contribution in [0.3, 0.4) is 0 Å². The van der Waals surface area contributed by atoms with E-state index in [1.165, 1.54) is 5.56 Å². The number of nitrogens with zero attached hydrogens (tertiary/aromatic N) is 4. The van der Waals surface area contributed by atoms with Gasteiger partial charge in [-0.1, -0.05) is 42.5 Å². The Morgan fingerprint density at radius 3 is 2.67 bits per heavy atom. The Balaban J connectivity index is 1.31. The summed E-state index contributed by atoms with van der Waals surface area (Å²) in [4.78, 5) is 14.2. The molecule has 1 saturated heterocycles. The molecule has 1 aliphatic heterocycles. The third-order valence-electron chi connectivity index (χ3n) is 5.55. The molecule has 0 bridgehead atoms. The van der Waals surface area contributed by atoms with Crippen molar-refractivity contribution >= 4 is 5.97 Å². The lowest BCUT2D eigenvalue weighted by molar-refractivity contribution is -0.134. The summed E-state index contributed by atoms with van der Waals surface area (Å²) in [6.45, 7) is 4.83. The summed E-state index contributed by atoms with van der Waals surface area (Å²) in [5.41, 5.74) is 3.27. The summed E-state index contributed by atoms with van der Waals surface area (Å²) < 4.78 is 7.29. The second-order valence-corrected chi connectivity index (χ2v) is 7.84. The SMILES string of the molecule is CCCC(=O)Oc1cccc(C2CCN(Cc3cn(-c4ccccc4)nn3)CC2)c1. The summed E-state index contributed by atoms with van der Waals surface area (Å²) in [5.74, 6) is 0.991. The van der Waals surface area contributed by atoms with Gasteiger partial charge in [0.25, 0.3) is 0 Å². The Labute approximate surface area is 177 Å². The molecule has 1 aromatic heterocycles. The van der Waals surface area contributed by atoms with Crippen LogP contribution in [-0.2, 0) is 11.3 Å². The number of carbonyl (C=O) groups is 1. The summed E-state index contributed by atoms with van der Waals surface area (Å²) in [6.07, 6.45) is 5.43. The van der Waals surface area contributed by atoms with Gasteiger partial charge in [0.05, 0.1) is 17.6 Å². The summed E-state index contributed by atoms with van der Waals surface area (Å²) in [7, 11) is 0. The molecule has 0 N–H and O–H groups in total. The first-order chi connectivity index (χ1) is 14.7. The topological polar surface area (TPSA) is 60.2 Å². The van der Waals surface area contributed by atoms with Crippen LogP contribution in [0.25, 0.3) is 5.69 Å². The highest BCUT2D eigenvalue weighted by Gasteiger charge is 2.22. The number of carbonyl (C=O) groups excluding carboxylic acids is 1. The van der Waals surface area contributed by atoms with E-state index in [-0.39, 0.29) is 5.97 Å². The minimum Gasteiger partial charge on any atom is -0.427 e. The van der Waals surface area contributed by atoms with E-state index in [2.05, 4.69) is 21.3 Å². The van der Waals surface area contributed by atoms with Gasteiger partial charge in [0.15, 0.2) is 0 Å². The molecule has 0 unspecified atom stereocenters. The molecule has 2 heterocycles. The maximum Gasteiger partial charge on any atom is 0.311 e. The van der Waals surface area contributed by atoms with Gasteiger partial charge in [0.2, 0.25) is 0 Å². The zero-order valence-electron chi connectivity index (χ0n) is 17.4. The van der Waals surface area contributed by atoms with Crippen molar-refractivity contribution < 1.29 is 9.53 Å². The lowest BCUT2D eigenvalue weighted by Gasteiger charge is -2.31. The number of rotatable bonds is 7. The van der Waals surface area contributed by atoms with E-state index in [0.717, 1.165) is 50.3 Å². The van der Waals surface area contributed by atoms with Gasteiger partial charge in [0, 0.05) is 13.0 Å². The number of hydrogen-bond acceptors (Lipinski definition) is 5. The monoisotopic (exact) mass is 404 g/mol. The Bertz CT molecular complexity index is 962. The van der Waals surface area contributed by atoms with Crippen LogP contribution >= 0.6 is 0 Å². The smallest absolute Gasteiger partial charge is 0.311 e. The quantitative estimate of drug-likeness (QED) is 0.433. The van der Waals surface area contributed by atoms with E-state index in [1.807, 2.05) is 66.3 Å². The molecule has 30 heavy (non-hydrogen) atoms. The van der Waals surface area contributed by atoms with Gasteiger partial charge in [-0.15, -0.1) is 5.10 Å². The Morgan fingerprint density at radius 1 is 1.10 bits per heavy atom. The van der Waals surface area contributed by atoms with Crippen LogP contribution in [0.1, 0.15) is 49.8 Å². The molecule has 156 valence electrons. The predicted octanol–water partition coefficient (Wildman–Crippen LogP) is 4.35. The number of esters is 1. The lowest BCUT2D eigenvalue weighted by atomic mass is 9.89. The number of para-hydroxylation sites is 1. The summed E-state index contributed by atoms with van der Waals surface area (Å²) in [5, 5.41) is 8.60. The lowest BCUT2D eigenvalue weighted by Crippen LogP contribution is -2.32. The number of likely N-dealkylation sites (tertiary alicyclic amines) is 1. The van der Waals surface area contributed by atoms with E-state index in [9.17, 15) is 4.79 Å². The highest BCUT2D eigenvalue weighted by atomic mass is 16.5. The van der Waals surface area contributed by atoms with Crippen molar-refractivity contribution in [3.63, 3.8) is 0 Å². The van der Waals surface area contributed by atoms with E-state index in [1.54, 1.807) is 0 Å². The van der Waals surface area contributed by atoms with Gasteiger partial charge >= 0.3 is 5.97 Å². The van der Waals surface area contributed by atoms with E-state index >= 15 is 0 Å². The van der Waals surface area contributed by atoms with Crippen LogP contribution in [0.5, 0.6) is 5.75 Å². The first-order valence-corrected chi connectivity index (χ1v) is 10.7. The molecule has 4 rings (SSSR count). The zero-order chi connectivity index (χ0) is 20.8. The minimum atomic E-state index is -0.159. The van der Waals surface area contributed by atoms with E-state index in [0.29, 0.717) is 18.1 Å². The number of benzene rings is 2. The number of ether oxygens (including phenoxy) is 1. The summed E-state index contributed by atoms with van der Waals surface area (Å²) in [6, 6.07) is 18.1. The van der Waals surface area contributed by atoms with Gasteiger partial charge in [-0.05, 0) is 68.1 Å². The molecule has 3 aromatic rings. The van der Waals surface area contributed by atoms with Crippen molar-refractivity contribution in [1.82, 2.24) is 19.9 Å². The van der Waals surface area contributed by atoms with Crippen LogP contribution in [0.4, 0.5) is 0 Å². The van der Waals surface area contributed by atoms with Crippen LogP contribution in [0, 0.1) is 0 Å². The zero-order valence-corrected chi connectivity index (χ0v) is 17.4. The fourth-order valence-corrected chi connectivity index (χ4v) is 3.95. The van der Waals surface area contributed by atoms with Crippen LogP contribution in [-0.4, -0.2) is 39.0 Å². The summed E-state index contributed by atoms with van der Waals surface area (Å²) >= 11 is 0. The van der Waals surface area contributed by atoms with Gasteiger partial charge in [-0.2, -0.15) is 0 Å². The standard InChI is InChI=1S/C24H28N4O2/c1-2-7-24(29)30-23-11-6-8-20(16-23)19-12-14-27(15-13-19)17-21-18-28(26-25-21)22-9-4-3-5-10-22/h3-6,8-11,16,18-19H,2,7,12-15,17H2,1H3. The second kappa shape index (κ2) is 9.67. The normalized spacial score (nSPS) is 15.2. The molecule has 0 spiro atoms. The third-order valence-corrected chi connectivity index (χ3v) is 5.55. The van der Waals surface area contributed by atoms with Gasteiger partial charge in [-0.25, -0.2) is 4.68 Å². The van der Waals surface area contributed by atoms with Crippen molar-refractivity contribution in [3.05, 3.63) is 72.1 Å². The molecule has 6 nitrogen and oxygen atoms in total. The Morgan fingerprint density at radius 2 is 1.90 bits per heavy atom. The highest BCUT2D eigenvalue weighted by molar-refractivity contribution is 5.72. The molecule has 0 radical (unpaired) electrons. The fraction of sp³-hybridized carbons (Fsp3) is 0.375. The molecule has 2 aromatic carbocycles. The van der Waals surface area contributed by atoms with Gasteiger partial charge < -0.3 is 4.74 Å². The average Bonchev–Trinajstić information content (AvgIpc) is 3.24. The molecule has 1 fully saturated rings. The third kappa shape index (κ3) is 5.13. The average molecular weight is 405 g/mol. The molecule has 0 atom stereocenters. The van der Waals surface area contributed by atoms with Gasteiger partial charge in [0.1, 0.15) is 5.75 Å². The second-order valence-electron chi connectivity index (χ2n) is 7.84. The van der Waals surface area contributed by atoms with E-state index < -0.39 is 0 Å². The highest BCUT2D eigenvalue weighted by Crippen LogP contribution is 2.30. The predicted molar refractivity (Wildman–Crippen MR) is 116 cm³/mol. The van der Waals surface area contributed by atoms with Crippen molar-refractivity contribution in [1.29, 1.82) is 0 Å². The molecule has 1 aliphatic rings. The maximum absolute atomic E-state index is 11.8. The van der Waals surface area contributed by atoms with Crippen LogP contribution in [0.2, 0.25) is 0 Å². The molecular formula is C24H28N4O2. The maximum atomic E-state index is 11.8.